The number of carbonyl (C=O) groups excluding carboxylic acids is 2. The summed E-state index contributed by atoms with van der Waals surface area (Å²) in [5, 5.41) is 13.0. The Bertz CT molecular complexity index is 759. The molecule has 0 bridgehead atoms. The number of nitrogens with one attached hydrogen (secondary N) is 1. The van der Waals surface area contributed by atoms with E-state index >= 15 is 0 Å². The molecule has 2 aliphatic rings. The number of urea groups is 1. The highest BCUT2D eigenvalue weighted by Gasteiger charge is 2.51. The SMILES string of the molecule is CCCNC(=O)N1[C@H](CN(C)C(C)=O)[C@H](c2ccc(C3=CCCC3)cc2)[C@@H]1CO. The number of hydrogen-bond acceptors (Lipinski definition) is 3. The fraction of sp³-hybridized carbons (Fsp3) is 0.565. The summed E-state index contributed by atoms with van der Waals surface area (Å²) in [6.45, 7) is 4.48. The molecule has 1 heterocycles. The first-order valence-corrected chi connectivity index (χ1v) is 10.7. The predicted molar refractivity (Wildman–Crippen MR) is 115 cm³/mol. The van der Waals surface area contributed by atoms with Crippen molar-refractivity contribution in [1.82, 2.24) is 15.1 Å². The van der Waals surface area contributed by atoms with Crippen molar-refractivity contribution in [3.05, 3.63) is 41.5 Å². The van der Waals surface area contributed by atoms with Gasteiger partial charge < -0.3 is 20.2 Å². The van der Waals surface area contributed by atoms with E-state index in [1.54, 1.807) is 16.8 Å². The van der Waals surface area contributed by atoms with Gasteiger partial charge in [0.05, 0.1) is 18.7 Å². The van der Waals surface area contributed by atoms with E-state index in [0.717, 1.165) is 24.8 Å². The Morgan fingerprint density at radius 3 is 2.52 bits per heavy atom. The van der Waals surface area contributed by atoms with E-state index in [2.05, 4.69) is 35.7 Å². The highest BCUT2D eigenvalue weighted by atomic mass is 16.3. The highest BCUT2D eigenvalue weighted by molar-refractivity contribution is 5.77. The number of amides is 3. The van der Waals surface area contributed by atoms with Gasteiger partial charge >= 0.3 is 6.03 Å². The molecule has 29 heavy (non-hydrogen) atoms. The van der Waals surface area contributed by atoms with Gasteiger partial charge in [-0.3, -0.25) is 4.79 Å². The summed E-state index contributed by atoms with van der Waals surface area (Å²) in [6.07, 6.45) is 6.64. The lowest BCUT2D eigenvalue weighted by Crippen LogP contribution is -2.70. The average molecular weight is 400 g/mol. The first kappa shape index (κ1) is 21.4. The number of hydrogen-bond donors (Lipinski definition) is 2. The maximum Gasteiger partial charge on any atom is 0.318 e. The van der Waals surface area contributed by atoms with Gasteiger partial charge in [0, 0.05) is 33.0 Å². The minimum absolute atomic E-state index is 0.000726. The number of allylic oxidation sites excluding steroid dienone is 2. The Labute approximate surface area is 173 Å². The summed E-state index contributed by atoms with van der Waals surface area (Å²) in [5.74, 6) is -0.0329. The Balaban J connectivity index is 1.83. The van der Waals surface area contributed by atoms with Crippen LogP contribution in [0.5, 0.6) is 0 Å². The van der Waals surface area contributed by atoms with Crippen molar-refractivity contribution < 1.29 is 14.7 Å². The highest BCUT2D eigenvalue weighted by Crippen LogP contribution is 2.41. The number of likely N-dealkylation sites (N-methyl/N-ethyl adjacent to an activating group) is 1. The molecule has 2 N–H and O–H groups in total. The third kappa shape index (κ3) is 4.47. The quantitative estimate of drug-likeness (QED) is 0.740. The Kier molecular flexibility index (Phi) is 6.96. The predicted octanol–water partition coefficient (Wildman–Crippen LogP) is 2.98. The zero-order chi connectivity index (χ0) is 21.0. The first-order chi connectivity index (χ1) is 14.0. The van der Waals surface area contributed by atoms with Gasteiger partial charge in [-0.2, -0.15) is 0 Å². The van der Waals surface area contributed by atoms with Crippen molar-refractivity contribution in [2.75, 3.05) is 26.7 Å². The van der Waals surface area contributed by atoms with Crippen molar-refractivity contribution in [3.63, 3.8) is 0 Å². The largest absolute Gasteiger partial charge is 0.394 e. The number of benzene rings is 1. The summed E-state index contributed by atoms with van der Waals surface area (Å²) >= 11 is 0. The lowest BCUT2D eigenvalue weighted by atomic mass is 9.75. The Morgan fingerprint density at radius 1 is 1.24 bits per heavy atom. The third-order valence-corrected chi connectivity index (χ3v) is 6.20. The van der Waals surface area contributed by atoms with Crippen molar-refractivity contribution >= 4 is 17.5 Å². The molecule has 3 amide bonds. The molecular weight excluding hydrogens is 366 g/mol. The number of rotatable bonds is 7. The molecule has 1 fully saturated rings. The van der Waals surface area contributed by atoms with Gasteiger partial charge in [-0.05, 0) is 42.4 Å². The number of aliphatic hydroxyl groups excluding tert-OH is 1. The van der Waals surface area contributed by atoms with Crippen molar-refractivity contribution in [3.8, 4) is 0 Å². The molecule has 0 unspecified atom stereocenters. The third-order valence-electron chi connectivity index (χ3n) is 6.20. The van der Waals surface area contributed by atoms with E-state index in [1.165, 1.54) is 24.5 Å². The van der Waals surface area contributed by atoms with Gasteiger partial charge in [0.25, 0.3) is 0 Å². The van der Waals surface area contributed by atoms with Crippen molar-refractivity contribution in [2.45, 2.75) is 57.5 Å². The second kappa shape index (κ2) is 9.44. The van der Waals surface area contributed by atoms with Crippen LogP contribution in [0.1, 0.15) is 56.6 Å². The van der Waals surface area contributed by atoms with Gasteiger partial charge in [0.1, 0.15) is 0 Å². The zero-order valence-electron chi connectivity index (χ0n) is 17.7. The molecule has 6 nitrogen and oxygen atoms in total. The number of carbonyl (C=O) groups is 2. The molecule has 6 heteroatoms. The maximum absolute atomic E-state index is 12.7. The fourth-order valence-corrected chi connectivity index (χ4v) is 4.48. The number of nitrogens with zero attached hydrogens (tertiary/aromatic N) is 2. The van der Waals surface area contributed by atoms with Crippen molar-refractivity contribution in [2.24, 2.45) is 0 Å². The van der Waals surface area contributed by atoms with Gasteiger partial charge in [0.2, 0.25) is 5.91 Å². The molecule has 1 aliphatic heterocycles. The van der Waals surface area contributed by atoms with Gasteiger partial charge in [0.15, 0.2) is 0 Å². The van der Waals surface area contributed by atoms with Crippen LogP contribution in [0.2, 0.25) is 0 Å². The number of aliphatic hydroxyl groups is 1. The zero-order valence-corrected chi connectivity index (χ0v) is 17.7. The van der Waals surface area contributed by atoms with Gasteiger partial charge in [-0.25, -0.2) is 4.79 Å². The van der Waals surface area contributed by atoms with Crippen LogP contribution < -0.4 is 5.32 Å². The molecular formula is C23H33N3O3. The normalized spacial score (nSPS) is 23.4. The molecule has 1 saturated heterocycles. The Morgan fingerprint density at radius 2 is 1.97 bits per heavy atom. The average Bonchev–Trinajstić information content (AvgIpc) is 3.24. The molecule has 3 atom stereocenters. The summed E-state index contributed by atoms with van der Waals surface area (Å²) in [5.41, 5.74) is 3.76. The van der Waals surface area contributed by atoms with Crippen LogP contribution in [0.3, 0.4) is 0 Å². The smallest absolute Gasteiger partial charge is 0.318 e. The van der Waals surface area contributed by atoms with Crippen LogP contribution in [-0.4, -0.2) is 65.7 Å². The van der Waals surface area contributed by atoms with E-state index in [4.69, 9.17) is 0 Å². The molecule has 0 radical (unpaired) electrons. The molecule has 1 aromatic carbocycles. The van der Waals surface area contributed by atoms with E-state index in [1.807, 2.05) is 6.92 Å². The lowest BCUT2D eigenvalue weighted by molar-refractivity contribution is -0.129. The molecule has 158 valence electrons. The van der Waals surface area contributed by atoms with E-state index in [9.17, 15) is 14.7 Å². The maximum atomic E-state index is 12.7. The van der Waals surface area contributed by atoms with E-state index in [0.29, 0.717) is 13.1 Å². The van der Waals surface area contributed by atoms with Crippen LogP contribution in [0.4, 0.5) is 4.79 Å². The number of likely N-dealkylation sites (tertiary alicyclic amines) is 1. The van der Waals surface area contributed by atoms with Gasteiger partial charge in [-0.15, -0.1) is 0 Å². The topological polar surface area (TPSA) is 72.9 Å². The van der Waals surface area contributed by atoms with Gasteiger partial charge in [-0.1, -0.05) is 37.3 Å². The van der Waals surface area contributed by atoms with Crippen LogP contribution in [-0.2, 0) is 4.79 Å². The summed E-state index contributed by atoms with van der Waals surface area (Å²) in [7, 11) is 1.75. The molecule has 3 rings (SSSR count). The summed E-state index contributed by atoms with van der Waals surface area (Å²) in [4.78, 5) is 27.9. The lowest BCUT2D eigenvalue weighted by Gasteiger charge is -2.55. The summed E-state index contributed by atoms with van der Waals surface area (Å²) in [6, 6.07) is 7.91. The second-order valence-electron chi connectivity index (χ2n) is 8.13. The minimum atomic E-state index is -0.284. The Hall–Kier alpha value is -2.34. The molecule has 0 spiro atoms. The fourth-order valence-electron chi connectivity index (χ4n) is 4.48. The minimum Gasteiger partial charge on any atom is -0.394 e. The molecule has 1 aromatic rings. The van der Waals surface area contributed by atoms with Crippen LogP contribution in [0, 0.1) is 0 Å². The van der Waals surface area contributed by atoms with Crippen LogP contribution in [0.25, 0.3) is 5.57 Å². The second-order valence-corrected chi connectivity index (χ2v) is 8.13. The molecule has 1 aliphatic carbocycles. The van der Waals surface area contributed by atoms with Crippen LogP contribution >= 0.6 is 0 Å². The van der Waals surface area contributed by atoms with Crippen molar-refractivity contribution in [1.29, 1.82) is 0 Å². The van der Waals surface area contributed by atoms with E-state index in [-0.39, 0.29) is 36.5 Å². The van der Waals surface area contributed by atoms with E-state index < -0.39 is 0 Å². The summed E-state index contributed by atoms with van der Waals surface area (Å²) < 4.78 is 0. The molecule has 0 saturated carbocycles. The molecule has 0 aromatic heterocycles. The first-order valence-electron chi connectivity index (χ1n) is 10.7. The standard InChI is InChI=1S/C23H33N3O3/c1-4-13-24-23(29)26-20(14-25(3)16(2)28)22(21(26)15-27)19-11-9-18(10-12-19)17-7-5-6-8-17/h7,9-12,20-22,27H,4-6,8,13-15H2,1-3H3,(H,24,29)/t20-,21+,22+/m1/s1. The monoisotopic (exact) mass is 399 g/mol. The van der Waals surface area contributed by atoms with Crippen LogP contribution in [0.15, 0.2) is 30.3 Å².